The first-order valence-corrected chi connectivity index (χ1v) is 9.30. The molecule has 3 rings (SSSR count). The molecule has 0 saturated heterocycles. The van der Waals surface area contributed by atoms with E-state index in [0.29, 0.717) is 6.20 Å². The Kier molecular flexibility index (Phi) is 6.65. The number of hydrogen-bond donors (Lipinski definition) is 0. The van der Waals surface area contributed by atoms with E-state index in [2.05, 4.69) is 20.2 Å². The van der Waals surface area contributed by atoms with Crippen molar-refractivity contribution in [2.45, 2.75) is 26.1 Å². The summed E-state index contributed by atoms with van der Waals surface area (Å²) in [6, 6.07) is 0.580. The molecule has 3 aromatic rings. The normalized spacial score (nSPS) is 12.5. The van der Waals surface area contributed by atoms with E-state index in [1.807, 2.05) is 0 Å². The van der Waals surface area contributed by atoms with Crippen molar-refractivity contribution in [3.8, 4) is 11.7 Å². The van der Waals surface area contributed by atoms with E-state index in [1.54, 1.807) is 13.8 Å². The summed E-state index contributed by atoms with van der Waals surface area (Å²) in [5, 5.41) is 7.79. The first kappa shape index (κ1) is 23.0. The largest absolute Gasteiger partial charge is 0.473 e. The predicted molar refractivity (Wildman–Crippen MR) is 100.0 cm³/mol. The van der Waals surface area contributed by atoms with Crippen molar-refractivity contribution in [3.05, 3.63) is 59.7 Å². The van der Waals surface area contributed by atoms with Crippen LogP contribution in [0, 0.1) is 11.6 Å². The van der Waals surface area contributed by atoms with E-state index in [1.165, 1.54) is 17.3 Å². The number of ether oxygens (including phenoxy) is 1. The summed E-state index contributed by atoms with van der Waals surface area (Å²) in [4.78, 5) is 22.7. The van der Waals surface area contributed by atoms with E-state index < -0.39 is 41.2 Å². The monoisotopic (exact) mass is 456 g/mol. The molecule has 0 saturated carbocycles. The van der Waals surface area contributed by atoms with Crippen LogP contribution in [0.3, 0.4) is 0 Å². The summed E-state index contributed by atoms with van der Waals surface area (Å²) in [5.74, 6) is -3.29. The highest BCUT2D eigenvalue weighted by molar-refractivity contribution is 5.97. The van der Waals surface area contributed by atoms with E-state index in [0.717, 1.165) is 17.1 Å². The van der Waals surface area contributed by atoms with Gasteiger partial charge in [0.2, 0.25) is 5.88 Å². The number of hydrogen-bond acceptors (Lipinski definition) is 6. The number of amides is 1. The zero-order valence-corrected chi connectivity index (χ0v) is 16.8. The number of pyridine rings is 2. The van der Waals surface area contributed by atoms with Crippen LogP contribution in [-0.4, -0.2) is 55.0 Å². The highest BCUT2D eigenvalue weighted by Gasteiger charge is 2.32. The lowest BCUT2D eigenvalue weighted by Crippen LogP contribution is -2.42. The van der Waals surface area contributed by atoms with Gasteiger partial charge in [-0.3, -0.25) is 4.79 Å². The summed E-state index contributed by atoms with van der Waals surface area (Å²) < 4.78 is 70.9. The van der Waals surface area contributed by atoms with Crippen LogP contribution in [0.1, 0.15) is 29.8 Å². The minimum absolute atomic E-state index is 0.00317. The van der Waals surface area contributed by atoms with E-state index in [4.69, 9.17) is 4.74 Å². The Balaban J connectivity index is 1.78. The minimum atomic E-state index is -4.74. The molecule has 13 heteroatoms. The van der Waals surface area contributed by atoms with Gasteiger partial charge >= 0.3 is 6.18 Å². The fourth-order valence-electron chi connectivity index (χ4n) is 2.86. The molecule has 3 aromatic heterocycles. The quantitative estimate of drug-likeness (QED) is 0.508. The summed E-state index contributed by atoms with van der Waals surface area (Å²) in [7, 11) is 0. The highest BCUT2D eigenvalue weighted by atomic mass is 19.4. The Bertz CT molecular complexity index is 1090. The third kappa shape index (κ3) is 4.98. The van der Waals surface area contributed by atoms with E-state index in [-0.39, 0.29) is 30.6 Å². The lowest BCUT2D eigenvalue weighted by molar-refractivity contribution is -0.138. The van der Waals surface area contributed by atoms with E-state index in [9.17, 15) is 26.7 Å². The van der Waals surface area contributed by atoms with Gasteiger partial charge in [-0.05, 0) is 26.0 Å². The fourth-order valence-corrected chi connectivity index (χ4v) is 2.86. The van der Waals surface area contributed by atoms with Crippen molar-refractivity contribution in [1.82, 2.24) is 29.9 Å². The van der Waals surface area contributed by atoms with Gasteiger partial charge in [-0.15, -0.1) is 4.80 Å². The second kappa shape index (κ2) is 9.24. The molecule has 0 N–H and O–H groups in total. The van der Waals surface area contributed by atoms with Crippen molar-refractivity contribution in [2.75, 3.05) is 13.2 Å². The Hall–Kier alpha value is -3.64. The Labute approximate surface area is 178 Å². The Morgan fingerprint density at radius 1 is 1.16 bits per heavy atom. The molecule has 0 aliphatic heterocycles. The zero-order valence-electron chi connectivity index (χ0n) is 16.8. The zero-order chi connectivity index (χ0) is 23.5. The Morgan fingerprint density at radius 3 is 2.44 bits per heavy atom. The van der Waals surface area contributed by atoms with Crippen LogP contribution in [0.5, 0.6) is 5.88 Å². The molecule has 0 aromatic carbocycles. The molecule has 0 aliphatic rings. The number of alkyl halides is 3. The summed E-state index contributed by atoms with van der Waals surface area (Å²) in [5.41, 5.74) is -1.37. The maximum atomic E-state index is 14.0. The van der Waals surface area contributed by atoms with Crippen LogP contribution in [0.15, 0.2) is 36.9 Å². The molecular weight excluding hydrogens is 439 g/mol. The Morgan fingerprint density at radius 2 is 1.84 bits per heavy atom. The van der Waals surface area contributed by atoms with Crippen LogP contribution in [0.2, 0.25) is 0 Å². The highest BCUT2D eigenvalue weighted by Crippen LogP contribution is 2.30. The van der Waals surface area contributed by atoms with Gasteiger partial charge in [-0.25, -0.2) is 18.7 Å². The van der Waals surface area contributed by atoms with Crippen LogP contribution < -0.4 is 4.74 Å². The second-order valence-electron chi connectivity index (χ2n) is 6.60. The summed E-state index contributed by atoms with van der Waals surface area (Å²) in [6.07, 6.45) is -0.659. The van der Waals surface area contributed by atoms with Crippen molar-refractivity contribution in [2.24, 2.45) is 0 Å². The first-order chi connectivity index (χ1) is 15.1. The average Bonchev–Trinajstić information content (AvgIpc) is 3.27. The maximum absolute atomic E-state index is 14.0. The molecule has 170 valence electrons. The molecule has 8 nitrogen and oxygen atoms in total. The van der Waals surface area contributed by atoms with Crippen LogP contribution >= 0.6 is 0 Å². The summed E-state index contributed by atoms with van der Waals surface area (Å²) in [6.45, 7) is 3.10. The minimum Gasteiger partial charge on any atom is -0.473 e. The molecule has 0 unspecified atom stereocenters. The standard InChI is InChI=1S/C19H17F5N6O2/c1-3-29(11(2)10-32-17-15(21)6-12(8-26-17)19(22,23)24)18(31)14-7-13(20)9-25-16(14)30-27-4-5-28-30/h4-9,11H,3,10H2,1-2H3/t11-/m0/s1. The molecule has 0 radical (unpaired) electrons. The van der Waals surface area contributed by atoms with Gasteiger partial charge in [0.1, 0.15) is 12.4 Å². The molecule has 0 bridgehead atoms. The second-order valence-corrected chi connectivity index (χ2v) is 6.60. The molecule has 1 atom stereocenters. The number of halogens is 5. The topological polar surface area (TPSA) is 86.0 Å². The van der Waals surface area contributed by atoms with Gasteiger partial charge in [0.15, 0.2) is 11.6 Å². The molecule has 0 fully saturated rings. The fraction of sp³-hybridized carbons (Fsp3) is 0.316. The number of rotatable bonds is 7. The number of carbonyl (C=O) groups is 1. The van der Waals surface area contributed by atoms with Gasteiger partial charge in [0.25, 0.3) is 5.91 Å². The smallest absolute Gasteiger partial charge is 0.417 e. The third-order valence-electron chi connectivity index (χ3n) is 4.40. The summed E-state index contributed by atoms with van der Waals surface area (Å²) >= 11 is 0. The number of likely N-dealkylation sites (N-methyl/N-ethyl adjacent to an activating group) is 1. The van der Waals surface area contributed by atoms with Gasteiger partial charge in [-0.1, -0.05) is 0 Å². The van der Waals surface area contributed by atoms with Crippen molar-refractivity contribution < 1.29 is 31.5 Å². The van der Waals surface area contributed by atoms with Crippen LogP contribution in [0.4, 0.5) is 22.0 Å². The van der Waals surface area contributed by atoms with Gasteiger partial charge in [-0.2, -0.15) is 23.4 Å². The average molecular weight is 456 g/mol. The van der Waals surface area contributed by atoms with Crippen LogP contribution in [-0.2, 0) is 6.18 Å². The van der Waals surface area contributed by atoms with Gasteiger partial charge < -0.3 is 9.64 Å². The molecule has 3 heterocycles. The lowest BCUT2D eigenvalue weighted by Gasteiger charge is -2.28. The maximum Gasteiger partial charge on any atom is 0.417 e. The van der Waals surface area contributed by atoms with Gasteiger partial charge in [0, 0.05) is 12.7 Å². The SMILES string of the molecule is CCN(C(=O)c1cc(F)cnc1-n1nccn1)[C@@H](C)COc1ncc(C(F)(F)F)cc1F. The lowest BCUT2D eigenvalue weighted by atomic mass is 10.2. The third-order valence-corrected chi connectivity index (χ3v) is 4.40. The number of aromatic nitrogens is 5. The molecule has 0 spiro atoms. The van der Waals surface area contributed by atoms with Crippen molar-refractivity contribution >= 4 is 5.91 Å². The predicted octanol–water partition coefficient (Wildman–Crippen LogP) is 3.28. The number of nitrogens with zero attached hydrogens (tertiary/aromatic N) is 6. The van der Waals surface area contributed by atoms with E-state index >= 15 is 0 Å². The van der Waals surface area contributed by atoms with Crippen molar-refractivity contribution in [3.63, 3.8) is 0 Å². The molecule has 32 heavy (non-hydrogen) atoms. The van der Waals surface area contributed by atoms with Crippen molar-refractivity contribution in [1.29, 1.82) is 0 Å². The molecule has 1 amide bonds. The molecular formula is C19H17F5N6O2. The first-order valence-electron chi connectivity index (χ1n) is 9.30. The molecule has 0 aliphatic carbocycles. The number of carbonyl (C=O) groups excluding carboxylic acids is 1. The van der Waals surface area contributed by atoms with Crippen LogP contribution in [0.25, 0.3) is 5.82 Å². The van der Waals surface area contributed by atoms with Gasteiger partial charge in [0.05, 0.1) is 35.8 Å².